The van der Waals surface area contributed by atoms with E-state index < -0.39 is 5.97 Å². The van der Waals surface area contributed by atoms with Crippen molar-refractivity contribution in [2.45, 2.75) is 0 Å². The lowest BCUT2D eigenvalue weighted by molar-refractivity contribution is 0.0594. The van der Waals surface area contributed by atoms with Crippen LogP contribution in [0.4, 0.5) is 0 Å². The van der Waals surface area contributed by atoms with Crippen LogP contribution in [-0.2, 0) is 4.74 Å². The largest absolute Gasteiger partial charge is 0.464 e. The number of carbonyl (C=O) groups is 1. The monoisotopic (exact) mass is 162 g/mol. The van der Waals surface area contributed by atoms with E-state index in [1.807, 2.05) is 6.07 Å². The maximum absolute atomic E-state index is 10.9. The van der Waals surface area contributed by atoms with E-state index in [1.54, 1.807) is 6.07 Å². The summed E-state index contributed by atoms with van der Waals surface area (Å²) in [7, 11) is 1.27. The number of rotatable bonds is 1. The van der Waals surface area contributed by atoms with Gasteiger partial charge in [-0.1, -0.05) is 6.07 Å². The fourth-order valence-electron chi connectivity index (χ4n) is 0.715. The molecule has 0 amide bonds. The number of aromatic nitrogens is 1. The molecular weight excluding hydrogens is 156 g/mol. The van der Waals surface area contributed by atoms with Gasteiger partial charge in [0.1, 0.15) is 17.5 Å². The van der Waals surface area contributed by atoms with Crippen molar-refractivity contribution in [3.8, 4) is 6.07 Å². The highest BCUT2D eigenvalue weighted by Gasteiger charge is 2.06. The summed E-state index contributed by atoms with van der Waals surface area (Å²) < 4.78 is 4.42. The number of carbonyl (C=O) groups excluding carboxylic acids is 1. The summed E-state index contributed by atoms with van der Waals surface area (Å²) in [6, 6.07) is 6.42. The maximum Gasteiger partial charge on any atom is 0.356 e. The fourth-order valence-corrected chi connectivity index (χ4v) is 0.715. The van der Waals surface area contributed by atoms with Gasteiger partial charge in [0.15, 0.2) is 0 Å². The lowest BCUT2D eigenvalue weighted by Gasteiger charge is -1.96. The molecule has 0 aliphatic carbocycles. The number of nitriles is 1. The molecule has 0 radical (unpaired) electrons. The molecule has 0 fully saturated rings. The van der Waals surface area contributed by atoms with E-state index in [0.717, 1.165) is 0 Å². The number of esters is 1. The molecule has 0 aromatic carbocycles. The second-order valence-corrected chi connectivity index (χ2v) is 2.01. The molecule has 12 heavy (non-hydrogen) atoms. The number of hydrogen-bond donors (Lipinski definition) is 0. The molecule has 0 bridgehead atoms. The number of methoxy groups -OCH3 is 1. The first-order valence-electron chi connectivity index (χ1n) is 3.23. The number of nitrogens with zero attached hydrogens (tertiary/aromatic N) is 2. The SMILES string of the molecule is COC(=O)c1cccc(C#N)n1. The van der Waals surface area contributed by atoms with Gasteiger partial charge in [0.2, 0.25) is 0 Å². The smallest absolute Gasteiger partial charge is 0.356 e. The number of ether oxygens (including phenoxy) is 1. The Morgan fingerprint density at radius 1 is 1.67 bits per heavy atom. The lowest BCUT2D eigenvalue weighted by atomic mass is 10.3. The molecular formula is C8H6N2O2. The average Bonchev–Trinajstić information content (AvgIpc) is 2.17. The van der Waals surface area contributed by atoms with Crippen LogP contribution < -0.4 is 0 Å². The third-order valence-electron chi connectivity index (χ3n) is 1.26. The van der Waals surface area contributed by atoms with Crippen molar-refractivity contribution in [3.63, 3.8) is 0 Å². The van der Waals surface area contributed by atoms with Gasteiger partial charge in [0.25, 0.3) is 0 Å². The molecule has 4 heteroatoms. The molecule has 60 valence electrons. The van der Waals surface area contributed by atoms with Crippen LogP contribution >= 0.6 is 0 Å². The molecule has 0 spiro atoms. The van der Waals surface area contributed by atoms with Crippen molar-refractivity contribution in [1.82, 2.24) is 4.98 Å². The van der Waals surface area contributed by atoms with E-state index in [9.17, 15) is 4.79 Å². The second kappa shape index (κ2) is 3.49. The van der Waals surface area contributed by atoms with Crippen molar-refractivity contribution in [2.24, 2.45) is 0 Å². The van der Waals surface area contributed by atoms with Crippen LogP contribution in [0.2, 0.25) is 0 Å². The van der Waals surface area contributed by atoms with Crippen molar-refractivity contribution in [2.75, 3.05) is 7.11 Å². The molecule has 1 aromatic rings. The first-order chi connectivity index (χ1) is 5.77. The van der Waals surface area contributed by atoms with E-state index in [1.165, 1.54) is 19.2 Å². The van der Waals surface area contributed by atoms with Gasteiger partial charge in [-0.2, -0.15) is 5.26 Å². The van der Waals surface area contributed by atoms with Gasteiger partial charge in [-0.25, -0.2) is 9.78 Å². The molecule has 0 unspecified atom stereocenters. The van der Waals surface area contributed by atoms with Crippen LogP contribution in [0.25, 0.3) is 0 Å². The molecule has 1 aromatic heterocycles. The second-order valence-electron chi connectivity index (χ2n) is 2.01. The predicted molar refractivity (Wildman–Crippen MR) is 40.3 cm³/mol. The zero-order valence-corrected chi connectivity index (χ0v) is 6.44. The van der Waals surface area contributed by atoms with Gasteiger partial charge in [-0.05, 0) is 12.1 Å². The van der Waals surface area contributed by atoms with Crippen LogP contribution in [0.1, 0.15) is 16.2 Å². The Balaban J connectivity index is 3.04. The van der Waals surface area contributed by atoms with Crippen LogP contribution in [0.15, 0.2) is 18.2 Å². The maximum atomic E-state index is 10.9. The van der Waals surface area contributed by atoms with Crippen molar-refractivity contribution in [3.05, 3.63) is 29.6 Å². The lowest BCUT2D eigenvalue weighted by Crippen LogP contribution is -2.04. The zero-order valence-electron chi connectivity index (χ0n) is 6.44. The highest BCUT2D eigenvalue weighted by atomic mass is 16.5. The van der Waals surface area contributed by atoms with Gasteiger partial charge in [0.05, 0.1) is 7.11 Å². The minimum absolute atomic E-state index is 0.150. The summed E-state index contributed by atoms with van der Waals surface area (Å²) in [5.74, 6) is -0.535. The Kier molecular flexibility index (Phi) is 2.38. The minimum atomic E-state index is -0.535. The average molecular weight is 162 g/mol. The van der Waals surface area contributed by atoms with Crippen molar-refractivity contribution >= 4 is 5.97 Å². The predicted octanol–water partition coefficient (Wildman–Crippen LogP) is 0.740. The molecule has 0 aliphatic rings. The molecule has 4 nitrogen and oxygen atoms in total. The minimum Gasteiger partial charge on any atom is -0.464 e. The summed E-state index contributed by atoms with van der Waals surface area (Å²) >= 11 is 0. The summed E-state index contributed by atoms with van der Waals surface area (Å²) in [5.41, 5.74) is 0.356. The first-order valence-corrected chi connectivity index (χ1v) is 3.23. The van der Waals surface area contributed by atoms with Crippen molar-refractivity contribution < 1.29 is 9.53 Å². The summed E-state index contributed by atoms with van der Waals surface area (Å²) in [6.45, 7) is 0. The number of pyridine rings is 1. The van der Waals surface area contributed by atoms with Gasteiger partial charge in [0, 0.05) is 0 Å². The van der Waals surface area contributed by atoms with Gasteiger partial charge in [-0.3, -0.25) is 0 Å². The Bertz CT molecular complexity index is 341. The molecule has 0 saturated heterocycles. The number of hydrogen-bond acceptors (Lipinski definition) is 4. The summed E-state index contributed by atoms with van der Waals surface area (Å²) in [5, 5.41) is 8.45. The Labute approximate surface area is 69.4 Å². The molecule has 1 heterocycles. The fraction of sp³-hybridized carbons (Fsp3) is 0.125. The highest BCUT2D eigenvalue weighted by Crippen LogP contribution is 1.99. The normalized spacial score (nSPS) is 8.67. The van der Waals surface area contributed by atoms with Crippen LogP contribution in [0, 0.1) is 11.3 Å². The van der Waals surface area contributed by atoms with Gasteiger partial charge in [-0.15, -0.1) is 0 Å². The molecule has 0 saturated carbocycles. The van der Waals surface area contributed by atoms with Crippen LogP contribution in [-0.4, -0.2) is 18.1 Å². The van der Waals surface area contributed by atoms with Gasteiger partial charge >= 0.3 is 5.97 Å². The van der Waals surface area contributed by atoms with Gasteiger partial charge < -0.3 is 4.74 Å². The molecule has 0 N–H and O–H groups in total. The molecule has 0 atom stereocenters. The molecule has 1 rings (SSSR count). The molecule has 0 aliphatic heterocycles. The summed E-state index contributed by atoms with van der Waals surface area (Å²) in [4.78, 5) is 14.6. The zero-order chi connectivity index (χ0) is 8.97. The topological polar surface area (TPSA) is 63.0 Å². The third-order valence-corrected chi connectivity index (χ3v) is 1.26. The third kappa shape index (κ3) is 1.58. The van der Waals surface area contributed by atoms with E-state index in [0.29, 0.717) is 0 Å². The Hall–Kier alpha value is -1.89. The quantitative estimate of drug-likeness (QED) is 0.571. The van der Waals surface area contributed by atoms with Crippen LogP contribution in [0.3, 0.4) is 0 Å². The van der Waals surface area contributed by atoms with Crippen molar-refractivity contribution in [1.29, 1.82) is 5.26 Å². The summed E-state index contributed by atoms with van der Waals surface area (Å²) in [6.07, 6.45) is 0. The van der Waals surface area contributed by atoms with E-state index >= 15 is 0 Å². The highest BCUT2D eigenvalue weighted by molar-refractivity contribution is 5.87. The Morgan fingerprint density at radius 2 is 2.42 bits per heavy atom. The van der Waals surface area contributed by atoms with E-state index in [2.05, 4.69) is 9.72 Å². The first kappa shape index (κ1) is 8.21. The van der Waals surface area contributed by atoms with E-state index in [4.69, 9.17) is 5.26 Å². The van der Waals surface area contributed by atoms with Crippen LogP contribution in [0.5, 0.6) is 0 Å². The Morgan fingerprint density at radius 3 is 3.00 bits per heavy atom. The van der Waals surface area contributed by atoms with E-state index in [-0.39, 0.29) is 11.4 Å². The standard InChI is InChI=1S/C8H6N2O2/c1-12-8(11)7-4-2-3-6(5-9)10-7/h2-4H,1H3.